The summed E-state index contributed by atoms with van der Waals surface area (Å²) in [7, 11) is 0. The molecule has 1 aliphatic rings. The third-order valence-electron chi connectivity index (χ3n) is 5.05. The first kappa shape index (κ1) is 19.5. The van der Waals surface area contributed by atoms with E-state index in [2.05, 4.69) is 27.0 Å². The van der Waals surface area contributed by atoms with Crippen molar-refractivity contribution in [3.8, 4) is 5.75 Å². The van der Waals surface area contributed by atoms with Gasteiger partial charge in [0, 0.05) is 31.3 Å². The predicted octanol–water partition coefficient (Wildman–Crippen LogP) is 3.11. The van der Waals surface area contributed by atoms with E-state index in [1.807, 2.05) is 18.2 Å². The van der Waals surface area contributed by atoms with Gasteiger partial charge in [0.25, 0.3) is 5.56 Å². The summed E-state index contributed by atoms with van der Waals surface area (Å²) >= 11 is 0. The van der Waals surface area contributed by atoms with E-state index in [1.54, 1.807) is 18.2 Å². The Balaban J connectivity index is 1.55. The van der Waals surface area contributed by atoms with Crippen molar-refractivity contribution < 1.29 is 10.0 Å². The molecule has 2 heterocycles. The molecule has 0 unspecified atom stereocenters. The van der Waals surface area contributed by atoms with Crippen LogP contribution >= 0.6 is 0 Å². The number of nitrogens with one attached hydrogen (secondary N) is 1. The number of H-pyrrole nitrogens is 1. The number of nitrogens with zero attached hydrogens (tertiary/aromatic N) is 3. The zero-order valence-electron chi connectivity index (χ0n) is 16.1. The lowest BCUT2D eigenvalue weighted by Gasteiger charge is -2.27. The standard InChI is InChI=1S/C22H20N4O4/c27-20-8-6-15(12-19(20)26(29)30)7-9-21-23-18-14-25(11-10-17(18)22(28)24-21)13-16-4-2-1-3-5-16/h1-9,12,27H,10-11,13-14H2,(H,23,24,28). The Morgan fingerprint density at radius 2 is 2.00 bits per heavy atom. The number of rotatable bonds is 5. The fourth-order valence-corrected chi connectivity index (χ4v) is 3.53. The highest BCUT2D eigenvalue weighted by atomic mass is 16.6. The molecule has 0 saturated carbocycles. The summed E-state index contributed by atoms with van der Waals surface area (Å²) in [5.74, 6) is -0.00740. The maximum Gasteiger partial charge on any atom is 0.311 e. The van der Waals surface area contributed by atoms with Gasteiger partial charge in [-0.25, -0.2) is 4.98 Å². The van der Waals surface area contributed by atoms with Crippen LogP contribution in [0.5, 0.6) is 5.75 Å². The summed E-state index contributed by atoms with van der Waals surface area (Å²) in [6.07, 6.45) is 3.86. The minimum Gasteiger partial charge on any atom is -0.502 e. The van der Waals surface area contributed by atoms with Crippen LogP contribution in [0.4, 0.5) is 5.69 Å². The summed E-state index contributed by atoms with van der Waals surface area (Å²) in [6, 6.07) is 14.2. The SMILES string of the molecule is O=c1[nH]c(C=Cc2ccc(O)c([N+](=O)[O-])c2)nc2c1CCN(Cc1ccccc1)C2. The third-order valence-corrected chi connectivity index (χ3v) is 5.05. The molecule has 2 aromatic carbocycles. The Kier molecular flexibility index (Phi) is 5.40. The van der Waals surface area contributed by atoms with Gasteiger partial charge in [-0.2, -0.15) is 0 Å². The Labute approximate surface area is 172 Å². The van der Waals surface area contributed by atoms with E-state index in [-0.39, 0.29) is 11.2 Å². The van der Waals surface area contributed by atoms with Gasteiger partial charge in [0.05, 0.1) is 10.6 Å². The van der Waals surface area contributed by atoms with E-state index in [9.17, 15) is 20.0 Å². The second-order valence-corrected chi connectivity index (χ2v) is 7.16. The molecule has 3 aromatic rings. The summed E-state index contributed by atoms with van der Waals surface area (Å²) in [5, 5.41) is 20.5. The fraction of sp³-hybridized carbons (Fsp3) is 0.182. The number of hydrogen-bond donors (Lipinski definition) is 2. The smallest absolute Gasteiger partial charge is 0.311 e. The molecule has 4 rings (SSSR count). The molecule has 0 bridgehead atoms. The Morgan fingerprint density at radius 1 is 1.20 bits per heavy atom. The van der Waals surface area contributed by atoms with Crippen molar-refractivity contribution >= 4 is 17.8 Å². The van der Waals surface area contributed by atoms with Crippen LogP contribution in [0, 0.1) is 10.1 Å². The topological polar surface area (TPSA) is 112 Å². The van der Waals surface area contributed by atoms with Crippen molar-refractivity contribution in [3.05, 3.63) is 97.2 Å². The predicted molar refractivity (Wildman–Crippen MR) is 113 cm³/mol. The summed E-state index contributed by atoms with van der Waals surface area (Å²) in [4.78, 5) is 32.4. The highest BCUT2D eigenvalue weighted by Gasteiger charge is 2.20. The van der Waals surface area contributed by atoms with Crippen LogP contribution in [0.3, 0.4) is 0 Å². The molecule has 0 radical (unpaired) electrons. The number of aromatic nitrogens is 2. The highest BCUT2D eigenvalue weighted by molar-refractivity contribution is 5.69. The van der Waals surface area contributed by atoms with Gasteiger partial charge in [0.2, 0.25) is 0 Å². The molecule has 1 aromatic heterocycles. The van der Waals surface area contributed by atoms with Crippen LogP contribution in [-0.4, -0.2) is 31.4 Å². The average Bonchev–Trinajstić information content (AvgIpc) is 2.73. The zero-order valence-corrected chi connectivity index (χ0v) is 16.1. The molecule has 0 spiro atoms. The molecular weight excluding hydrogens is 384 g/mol. The van der Waals surface area contributed by atoms with Crippen LogP contribution in [-0.2, 0) is 19.5 Å². The molecule has 0 aliphatic carbocycles. The molecule has 0 atom stereocenters. The molecule has 30 heavy (non-hydrogen) atoms. The summed E-state index contributed by atoms with van der Waals surface area (Å²) in [6.45, 7) is 2.16. The van der Waals surface area contributed by atoms with E-state index in [0.717, 1.165) is 18.8 Å². The van der Waals surface area contributed by atoms with Crippen LogP contribution in [0.15, 0.2) is 53.3 Å². The van der Waals surface area contributed by atoms with Gasteiger partial charge in [-0.1, -0.05) is 42.5 Å². The second kappa shape index (κ2) is 8.30. The minimum absolute atomic E-state index is 0.157. The number of phenols is 1. The molecule has 1 aliphatic heterocycles. The molecular formula is C22H20N4O4. The van der Waals surface area contributed by atoms with Gasteiger partial charge in [-0.15, -0.1) is 0 Å². The maximum atomic E-state index is 12.5. The molecule has 0 saturated heterocycles. The second-order valence-electron chi connectivity index (χ2n) is 7.16. The van der Waals surface area contributed by atoms with Gasteiger partial charge >= 0.3 is 5.69 Å². The first-order valence-corrected chi connectivity index (χ1v) is 9.53. The van der Waals surface area contributed by atoms with E-state index in [4.69, 9.17) is 0 Å². The first-order valence-electron chi connectivity index (χ1n) is 9.53. The van der Waals surface area contributed by atoms with Crippen LogP contribution < -0.4 is 5.56 Å². The van der Waals surface area contributed by atoms with Gasteiger partial charge in [-0.3, -0.25) is 19.8 Å². The van der Waals surface area contributed by atoms with Crippen LogP contribution in [0.25, 0.3) is 12.2 Å². The monoisotopic (exact) mass is 404 g/mol. The van der Waals surface area contributed by atoms with Gasteiger partial charge in [-0.05, 0) is 29.7 Å². The lowest BCUT2D eigenvalue weighted by atomic mass is 10.1. The van der Waals surface area contributed by atoms with E-state index in [1.165, 1.54) is 17.7 Å². The van der Waals surface area contributed by atoms with Crippen molar-refractivity contribution in [2.45, 2.75) is 19.5 Å². The lowest BCUT2D eigenvalue weighted by molar-refractivity contribution is -0.385. The quantitative estimate of drug-likeness (QED) is 0.499. The van der Waals surface area contributed by atoms with Gasteiger partial charge < -0.3 is 10.1 Å². The third kappa shape index (κ3) is 4.28. The number of benzene rings is 2. The normalized spacial score (nSPS) is 14.0. The number of aromatic amines is 1. The Morgan fingerprint density at radius 3 is 2.77 bits per heavy atom. The number of aromatic hydroxyl groups is 1. The van der Waals surface area contributed by atoms with Crippen molar-refractivity contribution in [1.82, 2.24) is 14.9 Å². The number of phenolic OH excluding ortho intramolecular Hbond substituents is 1. The van der Waals surface area contributed by atoms with Crippen molar-refractivity contribution in [1.29, 1.82) is 0 Å². The molecule has 0 amide bonds. The molecule has 8 heteroatoms. The van der Waals surface area contributed by atoms with Crippen LogP contribution in [0.1, 0.15) is 28.2 Å². The van der Waals surface area contributed by atoms with Crippen LogP contribution in [0.2, 0.25) is 0 Å². The molecule has 152 valence electrons. The molecule has 8 nitrogen and oxygen atoms in total. The molecule has 2 N–H and O–H groups in total. The van der Waals surface area contributed by atoms with E-state index >= 15 is 0 Å². The van der Waals surface area contributed by atoms with Gasteiger partial charge in [0.1, 0.15) is 5.82 Å². The van der Waals surface area contributed by atoms with Gasteiger partial charge in [0.15, 0.2) is 5.75 Å². The van der Waals surface area contributed by atoms with E-state index in [0.29, 0.717) is 29.9 Å². The molecule has 0 fully saturated rings. The zero-order chi connectivity index (χ0) is 21.1. The number of nitro groups is 1. The maximum absolute atomic E-state index is 12.5. The largest absolute Gasteiger partial charge is 0.502 e. The van der Waals surface area contributed by atoms with Crippen molar-refractivity contribution in [2.75, 3.05) is 6.54 Å². The van der Waals surface area contributed by atoms with E-state index < -0.39 is 10.7 Å². The number of hydrogen-bond acceptors (Lipinski definition) is 6. The summed E-state index contributed by atoms with van der Waals surface area (Å²) < 4.78 is 0. The number of fused-ring (bicyclic) bond motifs is 1. The van der Waals surface area contributed by atoms with Crippen molar-refractivity contribution in [2.24, 2.45) is 0 Å². The Hall–Kier alpha value is -3.78. The minimum atomic E-state index is -0.646. The summed E-state index contributed by atoms with van der Waals surface area (Å²) in [5.41, 5.74) is 2.65. The number of nitro benzene ring substituents is 1. The average molecular weight is 404 g/mol. The highest BCUT2D eigenvalue weighted by Crippen LogP contribution is 2.27. The first-order chi connectivity index (χ1) is 14.5. The lowest BCUT2D eigenvalue weighted by Crippen LogP contribution is -2.35. The van der Waals surface area contributed by atoms with Crippen molar-refractivity contribution in [3.63, 3.8) is 0 Å². The fourth-order valence-electron chi connectivity index (χ4n) is 3.53. The Bertz CT molecular complexity index is 1170.